The van der Waals surface area contributed by atoms with E-state index in [0.717, 1.165) is 6.42 Å². The molecule has 2 atom stereocenters. The quantitative estimate of drug-likeness (QED) is 0.668. The van der Waals surface area contributed by atoms with Gasteiger partial charge in [0.15, 0.2) is 5.16 Å². The van der Waals surface area contributed by atoms with Crippen LogP contribution in [0.15, 0.2) is 15.8 Å². The van der Waals surface area contributed by atoms with Gasteiger partial charge in [0.25, 0.3) is 5.91 Å². The fourth-order valence-electron chi connectivity index (χ4n) is 2.27. The van der Waals surface area contributed by atoms with Crippen molar-refractivity contribution >= 4 is 33.6 Å². The summed E-state index contributed by atoms with van der Waals surface area (Å²) in [4.78, 5) is 22.6. The predicted molar refractivity (Wildman–Crippen MR) is 77.2 cm³/mol. The number of thioether (sulfide) groups is 1. The van der Waals surface area contributed by atoms with Crippen LogP contribution in [0, 0.1) is 5.92 Å². The topological polar surface area (TPSA) is 66.3 Å². The van der Waals surface area contributed by atoms with Crippen molar-refractivity contribution in [2.75, 3.05) is 19.4 Å². The van der Waals surface area contributed by atoms with Gasteiger partial charge in [0.2, 0.25) is 0 Å². The Morgan fingerprint density at radius 2 is 2.42 bits per heavy atom. The Labute approximate surface area is 124 Å². The Hall–Kier alpha value is -0.660. The van der Waals surface area contributed by atoms with Gasteiger partial charge in [0.05, 0.1) is 17.1 Å². The van der Waals surface area contributed by atoms with Gasteiger partial charge in [0.1, 0.15) is 5.69 Å². The number of hydrogen-bond donors (Lipinski definition) is 1. The fraction of sp³-hybridized carbons (Fsp3) is 0.583. The van der Waals surface area contributed by atoms with E-state index in [0.29, 0.717) is 27.8 Å². The summed E-state index contributed by atoms with van der Waals surface area (Å²) in [5, 5.41) is 10.00. The molecule has 2 rings (SSSR count). The van der Waals surface area contributed by atoms with Gasteiger partial charge in [-0.1, -0.05) is 18.7 Å². The van der Waals surface area contributed by atoms with Crippen molar-refractivity contribution in [1.29, 1.82) is 0 Å². The van der Waals surface area contributed by atoms with E-state index < -0.39 is 0 Å². The number of carbonyl (C=O) groups excluding carboxylic acids is 1. The summed E-state index contributed by atoms with van der Waals surface area (Å²) in [5.41, 5.74) is 0.368. The summed E-state index contributed by atoms with van der Waals surface area (Å²) in [7, 11) is 0. The minimum atomic E-state index is -0.145. The molecule has 1 aromatic heterocycles. The SMILES string of the molecule is CSc1ncc(Br)c(C(=O)N2CC[C@@H](C)[C@H]2CO)n1. The highest BCUT2D eigenvalue weighted by molar-refractivity contribution is 9.10. The molecule has 0 saturated carbocycles. The van der Waals surface area contributed by atoms with Gasteiger partial charge >= 0.3 is 0 Å². The molecular formula is C12H16BrN3O2S. The summed E-state index contributed by atoms with van der Waals surface area (Å²) >= 11 is 4.72. The van der Waals surface area contributed by atoms with Crippen LogP contribution >= 0.6 is 27.7 Å². The van der Waals surface area contributed by atoms with Crippen molar-refractivity contribution in [2.45, 2.75) is 24.5 Å². The maximum absolute atomic E-state index is 12.5. The summed E-state index contributed by atoms with van der Waals surface area (Å²) in [5.74, 6) is 0.169. The molecule has 0 spiro atoms. The lowest BCUT2D eigenvalue weighted by Crippen LogP contribution is -2.40. The van der Waals surface area contributed by atoms with Gasteiger partial charge in [-0.05, 0) is 34.5 Å². The minimum absolute atomic E-state index is 0.00893. The summed E-state index contributed by atoms with van der Waals surface area (Å²) in [6.07, 6.45) is 4.38. The lowest BCUT2D eigenvalue weighted by molar-refractivity contribution is 0.0640. The Bertz CT molecular complexity index is 486. The van der Waals surface area contributed by atoms with E-state index in [4.69, 9.17) is 0 Å². The molecule has 1 amide bonds. The molecule has 1 saturated heterocycles. The van der Waals surface area contributed by atoms with E-state index >= 15 is 0 Å². The maximum atomic E-state index is 12.5. The van der Waals surface area contributed by atoms with E-state index in [-0.39, 0.29) is 18.6 Å². The molecule has 104 valence electrons. The molecule has 0 unspecified atom stereocenters. The van der Waals surface area contributed by atoms with E-state index in [1.54, 1.807) is 11.1 Å². The molecule has 1 aromatic rings. The monoisotopic (exact) mass is 345 g/mol. The zero-order chi connectivity index (χ0) is 14.0. The molecule has 1 fully saturated rings. The van der Waals surface area contributed by atoms with Crippen LogP contribution in [0.4, 0.5) is 0 Å². The zero-order valence-corrected chi connectivity index (χ0v) is 13.2. The summed E-state index contributed by atoms with van der Waals surface area (Å²) < 4.78 is 0.589. The highest BCUT2D eigenvalue weighted by atomic mass is 79.9. The predicted octanol–water partition coefficient (Wildman–Crippen LogP) is 1.80. The number of likely N-dealkylation sites (tertiary alicyclic amines) is 1. The second-order valence-corrected chi connectivity index (χ2v) is 6.20. The smallest absolute Gasteiger partial charge is 0.274 e. The van der Waals surface area contributed by atoms with Crippen LogP contribution in [0.1, 0.15) is 23.8 Å². The zero-order valence-electron chi connectivity index (χ0n) is 10.8. The number of amides is 1. The van der Waals surface area contributed by atoms with E-state index in [9.17, 15) is 9.90 Å². The first-order chi connectivity index (χ1) is 9.08. The lowest BCUT2D eigenvalue weighted by atomic mass is 10.0. The molecule has 0 bridgehead atoms. The highest BCUT2D eigenvalue weighted by Crippen LogP contribution is 2.27. The van der Waals surface area contributed by atoms with Crippen molar-refractivity contribution in [3.63, 3.8) is 0 Å². The van der Waals surface area contributed by atoms with Crippen LogP contribution in [-0.2, 0) is 0 Å². The normalized spacial score (nSPS) is 22.8. The number of aliphatic hydroxyl groups excluding tert-OH is 1. The van der Waals surface area contributed by atoms with Crippen molar-refractivity contribution in [3.8, 4) is 0 Å². The Balaban J connectivity index is 2.29. The number of rotatable bonds is 3. The standard InChI is InChI=1S/C12H16BrN3O2S/c1-7-3-4-16(9(7)6-17)11(18)10-8(13)5-14-12(15-10)19-2/h5,7,9,17H,3-4,6H2,1-2H3/t7-,9-/m1/s1. The molecule has 7 heteroatoms. The molecule has 1 N–H and O–H groups in total. The fourth-order valence-corrected chi connectivity index (χ4v) is 2.98. The van der Waals surface area contributed by atoms with Crippen molar-refractivity contribution in [2.24, 2.45) is 5.92 Å². The molecule has 1 aliphatic rings. The number of halogens is 1. The first-order valence-corrected chi connectivity index (χ1v) is 8.08. The summed E-state index contributed by atoms with van der Waals surface area (Å²) in [6, 6.07) is -0.118. The molecular weight excluding hydrogens is 330 g/mol. The second kappa shape index (κ2) is 6.19. The number of aliphatic hydroxyl groups is 1. The van der Waals surface area contributed by atoms with Crippen LogP contribution in [0.3, 0.4) is 0 Å². The number of aromatic nitrogens is 2. The Morgan fingerprint density at radius 1 is 1.68 bits per heavy atom. The van der Waals surface area contributed by atoms with Gasteiger partial charge in [-0.2, -0.15) is 0 Å². The third-order valence-corrected chi connectivity index (χ3v) is 4.58. The Kier molecular flexibility index (Phi) is 4.81. The molecule has 2 heterocycles. The van der Waals surface area contributed by atoms with Crippen LogP contribution in [0.25, 0.3) is 0 Å². The van der Waals surface area contributed by atoms with E-state index in [2.05, 4.69) is 32.8 Å². The number of hydrogen-bond acceptors (Lipinski definition) is 5. The molecule has 19 heavy (non-hydrogen) atoms. The van der Waals surface area contributed by atoms with Gasteiger partial charge in [0, 0.05) is 12.7 Å². The van der Waals surface area contributed by atoms with Gasteiger partial charge in [-0.25, -0.2) is 9.97 Å². The van der Waals surface area contributed by atoms with E-state index in [1.165, 1.54) is 11.8 Å². The van der Waals surface area contributed by atoms with E-state index in [1.807, 2.05) is 6.26 Å². The van der Waals surface area contributed by atoms with Gasteiger partial charge in [-0.15, -0.1) is 0 Å². The minimum Gasteiger partial charge on any atom is -0.394 e. The van der Waals surface area contributed by atoms with Crippen LogP contribution in [0.2, 0.25) is 0 Å². The average molecular weight is 346 g/mol. The van der Waals surface area contributed by atoms with Crippen molar-refractivity contribution < 1.29 is 9.90 Å². The molecule has 1 aliphatic heterocycles. The first kappa shape index (κ1) is 14.7. The Morgan fingerprint density at radius 3 is 3.05 bits per heavy atom. The molecule has 0 aliphatic carbocycles. The van der Waals surface area contributed by atoms with Gasteiger partial charge < -0.3 is 10.0 Å². The third-order valence-electron chi connectivity index (χ3n) is 3.44. The molecule has 0 radical (unpaired) electrons. The van der Waals surface area contributed by atoms with Crippen LogP contribution < -0.4 is 0 Å². The van der Waals surface area contributed by atoms with Crippen molar-refractivity contribution in [1.82, 2.24) is 14.9 Å². The third kappa shape index (κ3) is 2.93. The average Bonchev–Trinajstić information content (AvgIpc) is 2.79. The van der Waals surface area contributed by atoms with Gasteiger partial charge in [-0.3, -0.25) is 4.79 Å². The largest absolute Gasteiger partial charge is 0.394 e. The van der Waals surface area contributed by atoms with Crippen LogP contribution in [0.5, 0.6) is 0 Å². The lowest BCUT2D eigenvalue weighted by Gasteiger charge is -2.25. The molecule has 5 nitrogen and oxygen atoms in total. The number of nitrogens with zero attached hydrogens (tertiary/aromatic N) is 3. The molecule has 0 aromatic carbocycles. The summed E-state index contributed by atoms with van der Waals surface area (Å²) in [6.45, 7) is 2.71. The van der Waals surface area contributed by atoms with Crippen molar-refractivity contribution in [3.05, 3.63) is 16.4 Å². The first-order valence-electron chi connectivity index (χ1n) is 6.06. The second-order valence-electron chi connectivity index (χ2n) is 4.57. The maximum Gasteiger partial charge on any atom is 0.274 e. The van der Waals surface area contributed by atoms with Crippen LogP contribution in [-0.4, -0.2) is 51.3 Å². The highest BCUT2D eigenvalue weighted by Gasteiger charge is 2.35. The number of carbonyl (C=O) groups is 1.